The van der Waals surface area contributed by atoms with Crippen LogP contribution < -0.4 is 11.5 Å². The third-order valence-corrected chi connectivity index (χ3v) is 5.30. The predicted octanol–water partition coefficient (Wildman–Crippen LogP) is 1.90. The largest absolute Gasteiger partial charge is 0.507 e. The zero-order chi connectivity index (χ0) is 21.4. The topological polar surface area (TPSA) is 167 Å². The molecule has 0 amide bonds. The van der Waals surface area contributed by atoms with Crippen LogP contribution in [0, 0.1) is 7.14 Å². The number of benzene rings is 2. The fraction of sp³-hybridized carbons (Fsp3) is 0.222. The molecule has 0 unspecified atom stereocenters. The van der Waals surface area contributed by atoms with E-state index in [1.54, 1.807) is 24.3 Å². The number of aromatic hydroxyl groups is 2. The molecule has 0 saturated heterocycles. The first-order chi connectivity index (χ1) is 13.0. The Morgan fingerprint density at radius 1 is 0.786 bits per heavy atom. The summed E-state index contributed by atoms with van der Waals surface area (Å²) in [5, 5.41) is 35.6. The van der Waals surface area contributed by atoms with E-state index in [0.717, 1.165) is 11.1 Å². The van der Waals surface area contributed by atoms with Crippen LogP contribution in [0.3, 0.4) is 0 Å². The first kappa shape index (κ1) is 24.4. The molecule has 0 spiro atoms. The van der Waals surface area contributed by atoms with Crippen molar-refractivity contribution in [1.82, 2.24) is 0 Å². The fourth-order valence-corrected chi connectivity index (χ4v) is 3.20. The number of carboxylic acid groups (broad SMARTS) is 2. The molecule has 0 radical (unpaired) electrons. The van der Waals surface area contributed by atoms with Crippen molar-refractivity contribution in [1.29, 1.82) is 0 Å². The highest BCUT2D eigenvalue weighted by molar-refractivity contribution is 14.1. The Balaban J connectivity index is 0.000000280. The van der Waals surface area contributed by atoms with Crippen LogP contribution in [0.25, 0.3) is 0 Å². The minimum absolute atomic E-state index is 0.193. The molecule has 0 aromatic heterocycles. The maximum Gasteiger partial charge on any atom is 0.320 e. The van der Waals surface area contributed by atoms with Crippen molar-refractivity contribution in [2.24, 2.45) is 11.5 Å². The van der Waals surface area contributed by atoms with E-state index >= 15 is 0 Å². The first-order valence-corrected chi connectivity index (χ1v) is 10.1. The summed E-state index contributed by atoms with van der Waals surface area (Å²) in [7, 11) is 0. The van der Waals surface area contributed by atoms with Crippen LogP contribution in [0.1, 0.15) is 11.1 Å². The van der Waals surface area contributed by atoms with E-state index in [4.69, 9.17) is 21.7 Å². The SMILES string of the molecule is N[C@@H](Cc1ccc(O)c(I)c1)C(=O)O.N[C@@H](Cc1ccc(O)c(I)c1)C(=O)O. The Hall–Kier alpha value is -1.64. The summed E-state index contributed by atoms with van der Waals surface area (Å²) >= 11 is 3.95. The van der Waals surface area contributed by atoms with Crippen molar-refractivity contribution >= 4 is 57.1 Å². The Kier molecular flexibility index (Phi) is 9.92. The van der Waals surface area contributed by atoms with Gasteiger partial charge in [0.05, 0.1) is 7.14 Å². The molecule has 2 atom stereocenters. The van der Waals surface area contributed by atoms with E-state index in [0.29, 0.717) is 7.14 Å². The van der Waals surface area contributed by atoms with E-state index in [-0.39, 0.29) is 24.3 Å². The molecule has 2 aromatic rings. The molecule has 2 aromatic carbocycles. The Bertz CT molecular complexity index is 777. The number of hydrogen-bond acceptors (Lipinski definition) is 6. The Morgan fingerprint density at radius 3 is 1.36 bits per heavy atom. The molecule has 0 aliphatic heterocycles. The molecule has 10 heteroatoms. The quantitative estimate of drug-likeness (QED) is 0.269. The molecule has 0 saturated carbocycles. The Morgan fingerprint density at radius 2 is 1.11 bits per heavy atom. The Labute approximate surface area is 188 Å². The van der Waals surface area contributed by atoms with E-state index in [1.807, 2.05) is 45.2 Å². The molecule has 2 rings (SSSR count). The zero-order valence-corrected chi connectivity index (χ0v) is 18.9. The number of nitrogens with two attached hydrogens (primary N) is 2. The average molecular weight is 614 g/mol. The molecule has 0 bridgehead atoms. The van der Waals surface area contributed by atoms with E-state index in [9.17, 15) is 19.8 Å². The number of halogens is 2. The molecule has 0 aliphatic rings. The molecular weight excluding hydrogens is 594 g/mol. The van der Waals surface area contributed by atoms with Gasteiger partial charge in [-0.25, -0.2) is 0 Å². The standard InChI is InChI=1S/2C9H10INO3/c2*10-6-3-5(1-2-8(6)12)4-7(11)9(13)14/h2*1-3,7,12H,4,11H2,(H,13,14)/t2*7-/m00/s1. The first-order valence-electron chi connectivity index (χ1n) is 7.92. The number of phenols is 2. The second-order valence-electron chi connectivity index (χ2n) is 5.87. The molecule has 8 N–H and O–H groups in total. The second-order valence-corrected chi connectivity index (χ2v) is 8.19. The van der Waals surface area contributed by atoms with Crippen molar-refractivity contribution in [3.05, 3.63) is 54.7 Å². The third-order valence-electron chi connectivity index (χ3n) is 3.57. The van der Waals surface area contributed by atoms with Gasteiger partial charge < -0.3 is 31.9 Å². The van der Waals surface area contributed by atoms with Crippen molar-refractivity contribution < 1.29 is 30.0 Å². The lowest BCUT2D eigenvalue weighted by Crippen LogP contribution is -2.32. The van der Waals surface area contributed by atoms with Gasteiger partial charge in [0, 0.05) is 0 Å². The smallest absolute Gasteiger partial charge is 0.320 e. The predicted molar refractivity (Wildman–Crippen MR) is 120 cm³/mol. The monoisotopic (exact) mass is 614 g/mol. The molecule has 28 heavy (non-hydrogen) atoms. The maximum atomic E-state index is 10.5. The van der Waals surface area contributed by atoms with Crippen molar-refractivity contribution in [3.8, 4) is 11.5 Å². The van der Waals surface area contributed by atoms with Gasteiger partial charge >= 0.3 is 11.9 Å². The highest BCUT2D eigenvalue weighted by Gasteiger charge is 2.13. The average Bonchev–Trinajstić information content (AvgIpc) is 2.61. The lowest BCUT2D eigenvalue weighted by Gasteiger charge is -2.07. The van der Waals surface area contributed by atoms with Crippen LogP contribution in [0.5, 0.6) is 11.5 Å². The van der Waals surface area contributed by atoms with Gasteiger partial charge in [0.25, 0.3) is 0 Å². The number of carboxylic acids is 2. The molecular formula is C18H20I2N2O6. The summed E-state index contributed by atoms with van der Waals surface area (Å²) < 4.78 is 1.38. The van der Waals surface area contributed by atoms with E-state index in [1.165, 1.54) is 12.1 Å². The minimum Gasteiger partial charge on any atom is -0.507 e. The lowest BCUT2D eigenvalue weighted by molar-refractivity contribution is -0.139. The zero-order valence-electron chi connectivity index (χ0n) is 14.5. The summed E-state index contributed by atoms with van der Waals surface area (Å²) in [5.41, 5.74) is 12.4. The summed E-state index contributed by atoms with van der Waals surface area (Å²) in [6, 6.07) is 8.06. The number of hydrogen-bond donors (Lipinski definition) is 6. The van der Waals surface area contributed by atoms with Gasteiger partial charge in [-0.05, 0) is 93.4 Å². The van der Waals surface area contributed by atoms with Crippen molar-refractivity contribution in [3.63, 3.8) is 0 Å². The van der Waals surface area contributed by atoms with Gasteiger partial charge in [-0.3, -0.25) is 9.59 Å². The summed E-state index contributed by atoms with van der Waals surface area (Å²) in [5.74, 6) is -1.65. The van der Waals surface area contributed by atoms with Gasteiger partial charge in [-0.2, -0.15) is 0 Å². The van der Waals surface area contributed by atoms with Crippen LogP contribution in [-0.2, 0) is 22.4 Å². The normalized spacial score (nSPS) is 12.4. The van der Waals surface area contributed by atoms with Gasteiger partial charge in [0.2, 0.25) is 0 Å². The summed E-state index contributed by atoms with van der Waals surface area (Å²) in [6.07, 6.45) is 0.539. The van der Waals surface area contributed by atoms with Crippen LogP contribution in [0.4, 0.5) is 0 Å². The minimum atomic E-state index is -1.02. The maximum absolute atomic E-state index is 10.5. The molecule has 8 nitrogen and oxygen atoms in total. The highest BCUT2D eigenvalue weighted by Crippen LogP contribution is 2.21. The van der Waals surface area contributed by atoms with Crippen molar-refractivity contribution in [2.75, 3.05) is 0 Å². The second kappa shape index (κ2) is 11.4. The van der Waals surface area contributed by atoms with Crippen LogP contribution in [0.15, 0.2) is 36.4 Å². The fourth-order valence-electron chi connectivity index (χ4n) is 2.04. The van der Waals surface area contributed by atoms with Crippen LogP contribution >= 0.6 is 45.2 Å². The lowest BCUT2D eigenvalue weighted by atomic mass is 10.1. The van der Waals surface area contributed by atoms with E-state index in [2.05, 4.69) is 0 Å². The summed E-state index contributed by atoms with van der Waals surface area (Å²) in [4.78, 5) is 21.0. The summed E-state index contributed by atoms with van der Waals surface area (Å²) in [6.45, 7) is 0. The van der Waals surface area contributed by atoms with E-state index < -0.39 is 24.0 Å². The number of rotatable bonds is 6. The van der Waals surface area contributed by atoms with Gasteiger partial charge in [0.15, 0.2) is 0 Å². The van der Waals surface area contributed by atoms with Gasteiger partial charge in [-0.15, -0.1) is 0 Å². The highest BCUT2D eigenvalue weighted by atomic mass is 127. The van der Waals surface area contributed by atoms with Crippen LogP contribution in [0.2, 0.25) is 0 Å². The molecule has 0 aliphatic carbocycles. The van der Waals surface area contributed by atoms with Crippen molar-refractivity contribution in [2.45, 2.75) is 24.9 Å². The number of phenolic OH excluding ortho intramolecular Hbond substituents is 2. The van der Waals surface area contributed by atoms with Gasteiger partial charge in [-0.1, -0.05) is 12.1 Å². The molecule has 152 valence electrons. The van der Waals surface area contributed by atoms with Crippen LogP contribution in [-0.4, -0.2) is 44.4 Å². The molecule has 0 heterocycles. The molecule has 0 fully saturated rings. The number of aliphatic carboxylic acids is 2. The number of carbonyl (C=O) groups is 2. The third kappa shape index (κ3) is 8.16. The van der Waals surface area contributed by atoms with Gasteiger partial charge in [0.1, 0.15) is 23.6 Å².